The summed E-state index contributed by atoms with van der Waals surface area (Å²) < 4.78 is 21.4. The summed E-state index contributed by atoms with van der Waals surface area (Å²) in [6.07, 6.45) is 5.87. The van der Waals surface area contributed by atoms with Gasteiger partial charge in [0.05, 0.1) is 40.2 Å². The van der Waals surface area contributed by atoms with Gasteiger partial charge in [-0.05, 0) is 92.9 Å². The Morgan fingerprint density at radius 3 is 2.27 bits per heavy atom. The van der Waals surface area contributed by atoms with Crippen LogP contribution in [0.5, 0.6) is 5.75 Å². The molecule has 0 aliphatic carbocycles. The molecule has 0 saturated carbocycles. The van der Waals surface area contributed by atoms with Gasteiger partial charge in [0.15, 0.2) is 0 Å². The van der Waals surface area contributed by atoms with Gasteiger partial charge < -0.3 is 19.5 Å². The van der Waals surface area contributed by atoms with E-state index in [9.17, 15) is 24.4 Å². The number of carbonyl (C=O) groups is 4. The molecule has 1 unspecified atom stereocenters. The number of hydrogen-bond donors (Lipinski definition) is 2. The number of unbranched alkanes of at least 4 members (excludes halogenated alkanes) is 1. The lowest BCUT2D eigenvalue weighted by atomic mass is 9.89. The van der Waals surface area contributed by atoms with Crippen LogP contribution in [0.25, 0.3) is 10.9 Å². The third-order valence-corrected chi connectivity index (χ3v) is 11.7. The number of aromatic nitrogens is 1. The highest BCUT2D eigenvalue weighted by Gasteiger charge is 2.45. The summed E-state index contributed by atoms with van der Waals surface area (Å²) in [6, 6.07) is 16.5. The molecule has 0 bridgehead atoms. The number of ether oxygens (including phenoxy) is 1. The topological polar surface area (TPSA) is 142 Å². The highest BCUT2D eigenvalue weighted by Crippen LogP contribution is 2.37. The van der Waals surface area contributed by atoms with Gasteiger partial charge >= 0.3 is 0 Å². The van der Waals surface area contributed by atoms with E-state index < -0.39 is 35.5 Å². The number of nitriles is 1. The van der Waals surface area contributed by atoms with Crippen molar-refractivity contribution in [1.29, 1.82) is 5.26 Å². The van der Waals surface area contributed by atoms with Gasteiger partial charge in [0.25, 0.3) is 11.8 Å². The molecule has 4 amide bonds. The molecule has 1 aromatic heterocycles. The largest absolute Gasteiger partial charge is 0.494 e. The number of H-pyrrole nitrogens is 1. The van der Waals surface area contributed by atoms with Crippen molar-refractivity contribution in [2.24, 2.45) is 0 Å². The van der Waals surface area contributed by atoms with Gasteiger partial charge in [-0.15, -0.1) is 0 Å². The van der Waals surface area contributed by atoms with Gasteiger partial charge in [-0.2, -0.15) is 5.26 Å². The third kappa shape index (κ3) is 7.02. The zero-order valence-corrected chi connectivity index (χ0v) is 30.9. The quantitative estimate of drug-likeness (QED) is 0.164. The molecule has 4 aliphatic heterocycles. The van der Waals surface area contributed by atoms with E-state index in [4.69, 9.17) is 4.74 Å². The summed E-state index contributed by atoms with van der Waals surface area (Å²) in [5.41, 5.74) is 5.65. The molecule has 5 heterocycles. The molecular formula is C42H44FN7O5. The number of fused-ring (bicyclic) bond motifs is 2. The molecular weight excluding hydrogens is 702 g/mol. The van der Waals surface area contributed by atoms with E-state index in [-0.39, 0.29) is 29.7 Å². The van der Waals surface area contributed by atoms with Crippen LogP contribution in [0.3, 0.4) is 0 Å². The van der Waals surface area contributed by atoms with Crippen LogP contribution in [0.4, 0.5) is 15.8 Å². The first-order valence-electron chi connectivity index (χ1n) is 19.2. The van der Waals surface area contributed by atoms with E-state index in [1.807, 2.05) is 11.1 Å². The minimum atomic E-state index is -1.09. The van der Waals surface area contributed by atoms with Crippen molar-refractivity contribution in [3.63, 3.8) is 0 Å². The number of benzene rings is 3. The lowest BCUT2D eigenvalue weighted by Crippen LogP contribution is -2.54. The molecule has 3 aromatic carbocycles. The molecule has 1 atom stereocenters. The Balaban J connectivity index is 0.762. The highest BCUT2D eigenvalue weighted by molar-refractivity contribution is 6.23. The monoisotopic (exact) mass is 745 g/mol. The van der Waals surface area contributed by atoms with E-state index >= 15 is 4.39 Å². The number of imide groups is 2. The van der Waals surface area contributed by atoms with Gasteiger partial charge in [-0.3, -0.25) is 34.3 Å². The zero-order valence-electron chi connectivity index (χ0n) is 30.9. The predicted octanol–water partition coefficient (Wildman–Crippen LogP) is 5.25. The number of nitrogens with zero attached hydrogens (tertiary/aromatic N) is 5. The number of amides is 4. The summed E-state index contributed by atoms with van der Waals surface area (Å²) in [5.74, 6) is -1.71. The predicted molar refractivity (Wildman–Crippen MR) is 205 cm³/mol. The lowest BCUT2D eigenvalue weighted by molar-refractivity contribution is -0.136. The minimum absolute atomic E-state index is 0.0251. The second kappa shape index (κ2) is 15.2. The average molecular weight is 746 g/mol. The summed E-state index contributed by atoms with van der Waals surface area (Å²) in [5, 5.41) is 12.7. The second-order valence-corrected chi connectivity index (χ2v) is 15.0. The number of piperidine rings is 2. The lowest BCUT2D eigenvalue weighted by Gasteiger charge is -2.36. The molecule has 13 heteroatoms. The van der Waals surface area contributed by atoms with E-state index in [2.05, 4.69) is 69.5 Å². The van der Waals surface area contributed by atoms with Crippen molar-refractivity contribution in [2.75, 3.05) is 62.2 Å². The molecule has 2 N–H and O–H groups in total. The molecule has 12 nitrogen and oxygen atoms in total. The standard InChI is InChI=1S/C42H44FN7O5/c1-26-4-9-34(39-38(26)29(24-44)25-45-39)48-15-12-28(13-16-48)27-5-7-30(8-6-27)55-21-3-2-14-47-17-19-49(20-18-47)36-23-32-31(22-33(36)43)41(53)50(42(32)54)35-10-11-37(51)46-40(35)52/h4-9,22-23,25,28,35,45H,2-3,10-21H2,1H3,(H,46,51,52). The number of aromatic amines is 1. The maximum atomic E-state index is 15.3. The van der Waals surface area contributed by atoms with Crippen LogP contribution in [-0.4, -0.2) is 96.9 Å². The molecule has 0 spiro atoms. The number of halogens is 1. The number of piperazine rings is 1. The van der Waals surface area contributed by atoms with Crippen molar-refractivity contribution in [1.82, 2.24) is 20.1 Å². The van der Waals surface area contributed by atoms with E-state index in [0.29, 0.717) is 31.2 Å². The van der Waals surface area contributed by atoms with Crippen molar-refractivity contribution in [2.45, 2.75) is 57.4 Å². The minimum Gasteiger partial charge on any atom is -0.494 e. The third-order valence-electron chi connectivity index (χ3n) is 11.7. The van der Waals surface area contributed by atoms with Gasteiger partial charge in [-0.1, -0.05) is 18.2 Å². The number of rotatable bonds is 10. The molecule has 4 aliphatic rings. The van der Waals surface area contributed by atoms with Crippen LogP contribution in [0, 0.1) is 24.1 Å². The Kier molecular flexibility index (Phi) is 10.0. The maximum absolute atomic E-state index is 15.3. The van der Waals surface area contributed by atoms with E-state index in [0.717, 1.165) is 97.3 Å². The van der Waals surface area contributed by atoms with E-state index in [1.54, 1.807) is 0 Å². The van der Waals surface area contributed by atoms with Crippen LogP contribution in [0.15, 0.2) is 54.7 Å². The Bertz CT molecular complexity index is 2200. The van der Waals surface area contributed by atoms with Crippen LogP contribution in [0.2, 0.25) is 0 Å². The molecule has 3 fully saturated rings. The smallest absolute Gasteiger partial charge is 0.262 e. The van der Waals surface area contributed by atoms with Crippen molar-refractivity contribution >= 4 is 45.9 Å². The average Bonchev–Trinajstić information content (AvgIpc) is 3.74. The van der Waals surface area contributed by atoms with Crippen molar-refractivity contribution in [3.8, 4) is 11.8 Å². The van der Waals surface area contributed by atoms with Crippen LogP contribution >= 0.6 is 0 Å². The van der Waals surface area contributed by atoms with Gasteiger partial charge in [0.1, 0.15) is 23.7 Å². The Labute approximate surface area is 318 Å². The second-order valence-electron chi connectivity index (χ2n) is 15.0. The van der Waals surface area contributed by atoms with Gasteiger partial charge in [0, 0.05) is 57.3 Å². The summed E-state index contributed by atoms with van der Waals surface area (Å²) in [4.78, 5) is 61.1. The van der Waals surface area contributed by atoms with Crippen LogP contribution in [0.1, 0.15) is 81.8 Å². The molecule has 55 heavy (non-hydrogen) atoms. The van der Waals surface area contributed by atoms with Crippen molar-refractivity contribution in [3.05, 3.63) is 88.4 Å². The number of carbonyl (C=O) groups excluding carboxylic acids is 4. The molecule has 8 rings (SSSR count). The number of nitrogens with one attached hydrogen (secondary N) is 2. The molecule has 284 valence electrons. The SMILES string of the molecule is Cc1ccc(N2CCC(c3ccc(OCCCCN4CCN(c5cc6c(cc5F)C(=O)N(C5CCC(=O)NC5=O)C6=O)CC4)cc3)CC2)c2[nH]cc(C#N)c12. The van der Waals surface area contributed by atoms with Crippen LogP contribution < -0.4 is 19.9 Å². The fourth-order valence-electron chi connectivity index (χ4n) is 8.61. The van der Waals surface area contributed by atoms with Gasteiger partial charge in [-0.25, -0.2) is 4.39 Å². The Morgan fingerprint density at radius 1 is 0.855 bits per heavy atom. The number of hydrogen-bond acceptors (Lipinski definition) is 9. The summed E-state index contributed by atoms with van der Waals surface area (Å²) in [7, 11) is 0. The highest BCUT2D eigenvalue weighted by atomic mass is 19.1. The first kappa shape index (κ1) is 36.2. The Morgan fingerprint density at radius 2 is 1.56 bits per heavy atom. The number of aryl methyl sites for hydroxylation is 1. The maximum Gasteiger partial charge on any atom is 0.262 e. The first-order chi connectivity index (χ1) is 26.7. The zero-order chi connectivity index (χ0) is 38.2. The first-order valence-corrected chi connectivity index (χ1v) is 19.2. The van der Waals surface area contributed by atoms with E-state index in [1.165, 1.54) is 11.6 Å². The Hall–Kier alpha value is -5.74. The summed E-state index contributed by atoms with van der Waals surface area (Å²) >= 11 is 0. The fourth-order valence-corrected chi connectivity index (χ4v) is 8.61. The molecule has 4 aromatic rings. The number of anilines is 2. The molecule has 0 radical (unpaired) electrons. The van der Waals surface area contributed by atoms with Gasteiger partial charge in [0.2, 0.25) is 11.8 Å². The van der Waals surface area contributed by atoms with Crippen molar-refractivity contribution < 1.29 is 28.3 Å². The summed E-state index contributed by atoms with van der Waals surface area (Å²) in [6.45, 7) is 8.09. The molecule has 3 saturated heterocycles. The van der Waals surface area contributed by atoms with Crippen LogP contribution in [-0.2, 0) is 9.59 Å². The normalized spacial score (nSPS) is 19.6. The fraction of sp³-hybridized carbons (Fsp3) is 0.405.